The number of ketones is 1. The molecule has 2 heterocycles. The third-order valence-electron chi connectivity index (χ3n) is 5.55. The number of Topliss-reactive ketones (excluding diaryl/α,β-unsaturated/α-hetero) is 1. The molecule has 1 aliphatic rings. The van der Waals surface area contributed by atoms with Gasteiger partial charge in [0, 0.05) is 23.4 Å². The van der Waals surface area contributed by atoms with Crippen LogP contribution in [0.2, 0.25) is 0 Å². The van der Waals surface area contributed by atoms with Gasteiger partial charge in [-0.1, -0.05) is 0 Å². The molecule has 1 fully saturated rings. The molecular formula is C23H25N3O7S. The van der Waals surface area contributed by atoms with Gasteiger partial charge >= 0.3 is 17.9 Å². The van der Waals surface area contributed by atoms with Crippen LogP contribution in [0.1, 0.15) is 45.8 Å². The van der Waals surface area contributed by atoms with Crippen LogP contribution in [0.5, 0.6) is 5.75 Å². The van der Waals surface area contributed by atoms with Crippen molar-refractivity contribution >= 4 is 40.9 Å². The molecule has 180 valence electrons. The maximum absolute atomic E-state index is 12.7. The highest BCUT2D eigenvalue weighted by Gasteiger charge is 2.34. The number of benzene rings is 1. The highest BCUT2D eigenvalue weighted by Crippen LogP contribution is 2.27. The summed E-state index contributed by atoms with van der Waals surface area (Å²) in [5.74, 6) is -4.37. The highest BCUT2D eigenvalue weighted by molar-refractivity contribution is 7.13. The minimum absolute atomic E-state index is 0.0835. The van der Waals surface area contributed by atoms with Gasteiger partial charge in [-0.25, -0.2) is 4.79 Å². The number of nitrogen functional groups attached to an aromatic ring is 1. The molecule has 0 amide bonds. The lowest BCUT2D eigenvalue weighted by molar-refractivity contribution is -0.149. The van der Waals surface area contributed by atoms with Crippen LogP contribution >= 0.6 is 11.3 Å². The summed E-state index contributed by atoms with van der Waals surface area (Å²) in [6, 6.07) is 9.22. The van der Waals surface area contributed by atoms with Crippen molar-refractivity contribution < 1.29 is 34.1 Å². The zero-order valence-corrected chi connectivity index (χ0v) is 19.0. The number of carboxylic acid groups (broad SMARTS) is 2. The molecule has 34 heavy (non-hydrogen) atoms. The average Bonchev–Trinajstić information content (AvgIpc) is 3.43. The summed E-state index contributed by atoms with van der Waals surface area (Å²) in [4.78, 5) is 50.6. The second-order valence-corrected chi connectivity index (χ2v) is 9.19. The van der Waals surface area contributed by atoms with Crippen LogP contribution in [0.4, 0.5) is 0 Å². The number of rotatable bonds is 11. The number of likely N-dealkylation sites (tertiary alicyclic amines) is 1. The lowest BCUT2D eigenvalue weighted by Crippen LogP contribution is -2.37. The Morgan fingerprint density at radius 3 is 2.44 bits per heavy atom. The molecule has 0 bridgehead atoms. The molecule has 1 aromatic heterocycles. The number of hydrogen-bond acceptors (Lipinski definition) is 8. The van der Waals surface area contributed by atoms with E-state index in [0.29, 0.717) is 35.7 Å². The monoisotopic (exact) mass is 487 g/mol. The van der Waals surface area contributed by atoms with E-state index in [0.717, 1.165) is 11.3 Å². The predicted molar refractivity (Wildman–Crippen MR) is 123 cm³/mol. The van der Waals surface area contributed by atoms with E-state index < -0.39 is 36.3 Å². The van der Waals surface area contributed by atoms with Gasteiger partial charge in [-0.15, -0.1) is 11.3 Å². The number of amidine groups is 1. The zero-order chi connectivity index (χ0) is 24.8. The second-order valence-electron chi connectivity index (χ2n) is 8.03. The number of carbonyl (C=O) groups excluding carboxylic acids is 2. The number of carboxylic acids is 2. The number of nitrogens with two attached hydrogens (primary N) is 1. The van der Waals surface area contributed by atoms with E-state index in [1.807, 2.05) is 4.90 Å². The molecule has 11 heteroatoms. The van der Waals surface area contributed by atoms with Crippen molar-refractivity contribution in [1.29, 1.82) is 5.41 Å². The first-order valence-electron chi connectivity index (χ1n) is 10.6. The van der Waals surface area contributed by atoms with Crippen molar-refractivity contribution in [1.82, 2.24) is 4.90 Å². The van der Waals surface area contributed by atoms with Gasteiger partial charge in [-0.05, 0) is 55.8 Å². The van der Waals surface area contributed by atoms with E-state index in [2.05, 4.69) is 0 Å². The van der Waals surface area contributed by atoms with Crippen LogP contribution in [0.15, 0.2) is 36.4 Å². The molecule has 0 saturated carbocycles. The number of esters is 1. The highest BCUT2D eigenvalue weighted by atomic mass is 32.1. The Hall–Kier alpha value is -3.57. The lowest BCUT2D eigenvalue weighted by Gasteiger charge is -2.23. The summed E-state index contributed by atoms with van der Waals surface area (Å²) in [6.07, 6.45) is 0.424. The fourth-order valence-electron chi connectivity index (χ4n) is 3.85. The third kappa shape index (κ3) is 6.49. The van der Waals surface area contributed by atoms with E-state index in [4.69, 9.17) is 21.0 Å². The molecule has 0 unspecified atom stereocenters. The van der Waals surface area contributed by atoms with Crippen LogP contribution in [0.3, 0.4) is 0 Å². The van der Waals surface area contributed by atoms with Gasteiger partial charge in [-0.2, -0.15) is 0 Å². The van der Waals surface area contributed by atoms with Crippen molar-refractivity contribution in [3.8, 4) is 5.75 Å². The molecule has 5 N–H and O–H groups in total. The molecule has 10 nitrogen and oxygen atoms in total. The van der Waals surface area contributed by atoms with E-state index >= 15 is 0 Å². The van der Waals surface area contributed by atoms with E-state index in [9.17, 15) is 24.3 Å². The molecule has 1 aromatic carbocycles. The minimum atomic E-state index is -1.29. The van der Waals surface area contributed by atoms with Crippen molar-refractivity contribution in [2.45, 2.75) is 38.3 Å². The van der Waals surface area contributed by atoms with E-state index in [1.165, 1.54) is 11.3 Å². The van der Waals surface area contributed by atoms with Gasteiger partial charge in [0.15, 0.2) is 5.78 Å². The van der Waals surface area contributed by atoms with Crippen molar-refractivity contribution in [3.63, 3.8) is 0 Å². The summed E-state index contributed by atoms with van der Waals surface area (Å²) >= 11 is 1.24. The number of aliphatic carboxylic acids is 2. The lowest BCUT2D eigenvalue weighted by atomic mass is 9.94. The van der Waals surface area contributed by atoms with Gasteiger partial charge in [0.05, 0.1) is 18.4 Å². The van der Waals surface area contributed by atoms with Gasteiger partial charge in [0.1, 0.15) is 16.5 Å². The predicted octanol–water partition coefficient (Wildman–Crippen LogP) is 2.35. The van der Waals surface area contributed by atoms with Gasteiger partial charge < -0.3 is 20.7 Å². The summed E-state index contributed by atoms with van der Waals surface area (Å²) < 4.78 is 5.36. The summed E-state index contributed by atoms with van der Waals surface area (Å²) in [5, 5.41) is 25.5. The van der Waals surface area contributed by atoms with Crippen LogP contribution < -0.4 is 10.5 Å². The van der Waals surface area contributed by atoms with E-state index in [-0.39, 0.29) is 18.0 Å². The maximum atomic E-state index is 12.7. The fourth-order valence-corrected chi connectivity index (χ4v) is 4.76. The molecule has 0 aliphatic carbocycles. The molecule has 1 saturated heterocycles. The smallest absolute Gasteiger partial charge is 0.353 e. The zero-order valence-electron chi connectivity index (χ0n) is 18.2. The quantitative estimate of drug-likeness (QED) is 0.161. The number of hydrogen-bond donors (Lipinski definition) is 4. The SMILES string of the molecule is N=C(N)c1ccc(OC(=O)c2ccc(CN3CCC[C@H]3C(=O)C[C@H](CC(=O)O)C(=O)O)s2)cc1. The summed E-state index contributed by atoms with van der Waals surface area (Å²) in [5.41, 5.74) is 5.93. The van der Waals surface area contributed by atoms with Crippen molar-refractivity contribution in [2.24, 2.45) is 11.7 Å². The Kier molecular flexibility index (Phi) is 8.13. The Morgan fingerprint density at radius 1 is 1.12 bits per heavy atom. The standard InChI is InChI=1S/C23H25N3O7S/c24-21(25)13-3-5-15(6-4-13)33-23(32)19-8-7-16(34-19)12-26-9-1-2-17(26)18(27)10-14(22(30)31)11-20(28)29/h3-8,14,17H,1-2,9-12H2,(H3,24,25)(H,28,29)(H,30,31)/t14-,17+/m1/s1. The molecule has 2 aromatic rings. The molecular weight excluding hydrogens is 462 g/mol. The largest absolute Gasteiger partial charge is 0.481 e. The van der Waals surface area contributed by atoms with Crippen molar-refractivity contribution in [2.75, 3.05) is 6.54 Å². The molecule has 1 aliphatic heterocycles. The van der Waals surface area contributed by atoms with Crippen molar-refractivity contribution in [3.05, 3.63) is 51.7 Å². The summed E-state index contributed by atoms with van der Waals surface area (Å²) in [7, 11) is 0. The topological polar surface area (TPSA) is 171 Å². The average molecular weight is 488 g/mol. The fraction of sp³-hybridized carbons (Fsp3) is 0.348. The Labute approximate surface area is 199 Å². The van der Waals surface area contributed by atoms with Crippen LogP contribution in [0.25, 0.3) is 0 Å². The Bertz CT molecular complexity index is 1100. The molecule has 0 spiro atoms. The number of nitrogens with zero attached hydrogens (tertiary/aromatic N) is 1. The maximum Gasteiger partial charge on any atom is 0.353 e. The first-order chi connectivity index (χ1) is 16.1. The first-order valence-corrected chi connectivity index (χ1v) is 11.4. The number of thiophene rings is 1. The van der Waals surface area contributed by atoms with Crippen LogP contribution in [-0.2, 0) is 20.9 Å². The molecule has 0 radical (unpaired) electrons. The van der Waals surface area contributed by atoms with Gasteiger partial charge in [0.2, 0.25) is 0 Å². The Balaban J connectivity index is 1.60. The van der Waals surface area contributed by atoms with Gasteiger partial charge in [-0.3, -0.25) is 24.7 Å². The first kappa shape index (κ1) is 25.1. The molecule has 3 rings (SSSR count). The number of nitrogens with one attached hydrogen (secondary N) is 1. The number of carbonyl (C=O) groups is 4. The second kappa shape index (κ2) is 11.0. The van der Waals surface area contributed by atoms with E-state index in [1.54, 1.807) is 36.4 Å². The van der Waals surface area contributed by atoms with Gasteiger partial charge in [0.25, 0.3) is 0 Å². The normalized spacial score (nSPS) is 16.6. The Morgan fingerprint density at radius 2 is 1.82 bits per heavy atom. The van der Waals surface area contributed by atoms with Crippen LogP contribution in [0, 0.1) is 11.3 Å². The van der Waals surface area contributed by atoms with Crippen LogP contribution in [-0.4, -0.2) is 57.2 Å². The minimum Gasteiger partial charge on any atom is -0.481 e. The number of ether oxygens (including phenoxy) is 1. The summed E-state index contributed by atoms with van der Waals surface area (Å²) in [6.45, 7) is 1.06. The molecule has 2 atom stereocenters. The third-order valence-corrected chi connectivity index (χ3v) is 6.60.